The second-order valence-corrected chi connectivity index (χ2v) is 8.34. The molecule has 32 heavy (non-hydrogen) atoms. The Hall–Kier alpha value is -3.72. The number of anilines is 1. The highest BCUT2D eigenvalue weighted by atomic mass is 32.1. The first kappa shape index (κ1) is 21.5. The molecule has 8 nitrogen and oxygen atoms in total. The summed E-state index contributed by atoms with van der Waals surface area (Å²) in [5.41, 5.74) is 1.25. The molecule has 1 N–H and O–H groups in total. The molecule has 4 aromatic rings. The van der Waals surface area contributed by atoms with Crippen molar-refractivity contribution >= 4 is 33.1 Å². The van der Waals surface area contributed by atoms with Crippen LogP contribution in [0.25, 0.3) is 10.2 Å². The van der Waals surface area contributed by atoms with Crippen molar-refractivity contribution in [2.45, 2.75) is 26.8 Å². The lowest BCUT2D eigenvalue weighted by molar-refractivity contribution is -0.116. The van der Waals surface area contributed by atoms with Gasteiger partial charge in [0.1, 0.15) is 22.0 Å². The maximum absolute atomic E-state index is 12.8. The lowest BCUT2D eigenvalue weighted by Crippen LogP contribution is -2.23. The summed E-state index contributed by atoms with van der Waals surface area (Å²) in [6, 6.07) is 10.5. The Morgan fingerprint density at radius 3 is 2.62 bits per heavy atom. The number of aromatic nitrogens is 3. The highest BCUT2D eigenvalue weighted by Crippen LogP contribution is 2.28. The van der Waals surface area contributed by atoms with Crippen molar-refractivity contribution in [3.63, 3.8) is 0 Å². The topological polar surface area (TPSA) is 95.3 Å². The van der Waals surface area contributed by atoms with Gasteiger partial charge < -0.3 is 14.8 Å². The van der Waals surface area contributed by atoms with Crippen LogP contribution in [0.5, 0.6) is 17.4 Å². The average Bonchev–Trinajstić information content (AvgIpc) is 3.09. The van der Waals surface area contributed by atoms with Gasteiger partial charge in [-0.05, 0) is 55.8 Å². The zero-order chi connectivity index (χ0) is 22.7. The van der Waals surface area contributed by atoms with Crippen molar-refractivity contribution in [3.8, 4) is 17.4 Å². The van der Waals surface area contributed by atoms with Crippen molar-refractivity contribution in [1.29, 1.82) is 0 Å². The van der Waals surface area contributed by atoms with Gasteiger partial charge >= 0.3 is 0 Å². The SMILES string of the molecule is COc1ccc(Oc2ncccc2NC(=O)CCn2cnc3sc(C)c(C)c3c2=O)cc1. The van der Waals surface area contributed by atoms with Crippen LogP contribution >= 0.6 is 11.3 Å². The number of rotatable bonds is 7. The van der Waals surface area contributed by atoms with E-state index in [-0.39, 0.29) is 30.3 Å². The van der Waals surface area contributed by atoms with E-state index in [1.807, 2.05) is 13.8 Å². The largest absolute Gasteiger partial charge is 0.497 e. The number of methoxy groups -OCH3 is 1. The van der Waals surface area contributed by atoms with Gasteiger partial charge in [-0.1, -0.05) is 0 Å². The smallest absolute Gasteiger partial charge is 0.262 e. The molecule has 0 spiro atoms. The predicted molar refractivity (Wildman–Crippen MR) is 124 cm³/mol. The summed E-state index contributed by atoms with van der Waals surface area (Å²) < 4.78 is 12.4. The number of carbonyl (C=O) groups excluding carboxylic acids is 1. The first-order chi connectivity index (χ1) is 15.5. The standard InChI is InChI=1S/C23H22N4O4S/c1-14-15(2)32-22-20(14)23(29)27(13-25-22)12-10-19(28)26-18-5-4-11-24-21(18)31-17-8-6-16(30-3)7-9-17/h4-9,11,13H,10,12H2,1-3H3,(H,26,28). The number of hydrogen-bond donors (Lipinski definition) is 1. The normalized spacial score (nSPS) is 10.8. The average molecular weight is 451 g/mol. The van der Waals surface area contributed by atoms with E-state index in [1.165, 1.54) is 22.2 Å². The Kier molecular flexibility index (Phi) is 6.18. The summed E-state index contributed by atoms with van der Waals surface area (Å²) in [4.78, 5) is 35.8. The minimum Gasteiger partial charge on any atom is -0.497 e. The Balaban J connectivity index is 1.45. The molecule has 1 amide bonds. The fourth-order valence-corrected chi connectivity index (χ4v) is 4.17. The number of ether oxygens (including phenoxy) is 2. The Morgan fingerprint density at radius 1 is 1.12 bits per heavy atom. The quantitative estimate of drug-likeness (QED) is 0.451. The first-order valence-electron chi connectivity index (χ1n) is 9.98. The summed E-state index contributed by atoms with van der Waals surface area (Å²) in [6.07, 6.45) is 3.18. The fourth-order valence-electron chi connectivity index (χ4n) is 3.19. The highest BCUT2D eigenvalue weighted by Gasteiger charge is 2.14. The molecule has 0 saturated carbocycles. The lowest BCUT2D eigenvalue weighted by atomic mass is 10.2. The second kappa shape index (κ2) is 9.19. The van der Waals surface area contributed by atoms with Gasteiger partial charge in [-0.2, -0.15) is 0 Å². The third-order valence-corrected chi connectivity index (χ3v) is 6.17. The van der Waals surface area contributed by atoms with Gasteiger partial charge in [-0.25, -0.2) is 9.97 Å². The number of aryl methyl sites for hydroxylation is 3. The molecule has 164 valence electrons. The third kappa shape index (κ3) is 4.47. The molecule has 4 rings (SSSR count). The van der Waals surface area contributed by atoms with Crippen LogP contribution in [0, 0.1) is 13.8 Å². The van der Waals surface area contributed by atoms with Crippen LogP contribution in [0.1, 0.15) is 16.9 Å². The zero-order valence-electron chi connectivity index (χ0n) is 17.9. The summed E-state index contributed by atoms with van der Waals surface area (Å²) in [6.45, 7) is 4.11. The van der Waals surface area contributed by atoms with Crippen LogP contribution < -0.4 is 20.3 Å². The number of fused-ring (bicyclic) bond motifs is 1. The molecule has 3 heterocycles. The maximum Gasteiger partial charge on any atom is 0.262 e. The molecular weight excluding hydrogens is 428 g/mol. The predicted octanol–water partition coefficient (Wildman–Crippen LogP) is 4.30. The van der Waals surface area contributed by atoms with Crippen molar-refractivity contribution in [2.24, 2.45) is 0 Å². The van der Waals surface area contributed by atoms with E-state index in [2.05, 4.69) is 15.3 Å². The Morgan fingerprint density at radius 2 is 1.88 bits per heavy atom. The minimum absolute atomic E-state index is 0.103. The van der Waals surface area contributed by atoms with Gasteiger partial charge in [-0.15, -0.1) is 11.3 Å². The number of hydrogen-bond acceptors (Lipinski definition) is 7. The fraction of sp³-hybridized carbons (Fsp3) is 0.217. The number of benzene rings is 1. The van der Waals surface area contributed by atoms with Crippen molar-refractivity contribution < 1.29 is 14.3 Å². The van der Waals surface area contributed by atoms with E-state index in [1.54, 1.807) is 49.7 Å². The van der Waals surface area contributed by atoms with E-state index in [0.29, 0.717) is 22.6 Å². The van der Waals surface area contributed by atoms with Crippen LogP contribution in [0.4, 0.5) is 5.69 Å². The van der Waals surface area contributed by atoms with E-state index >= 15 is 0 Å². The van der Waals surface area contributed by atoms with Crippen LogP contribution in [-0.4, -0.2) is 27.6 Å². The molecule has 1 aromatic carbocycles. The van der Waals surface area contributed by atoms with E-state index in [4.69, 9.17) is 9.47 Å². The van der Waals surface area contributed by atoms with Crippen molar-refractivity contribution in [2.75, 3.05) is 12.4 Å². The molecule has 0 atom stereocenters. The monoisotopic (exact) mass is 450 g/mol. The van der Waals surface area contributed by atoms with Crippen molar-refractivity contribution in [3.05, 3.63) is 69.7 Å². The number of nitrogens with one attached hydrogen (secondary N) is 1. The molecule has 3 aromatic heterocycles. The summed E-state index contributed by atoms with van der Waals surface area (Å²) in [5.74, 6) is 1.29. The summed E-state index contributed by atoms with van der Waals surface area (Å²) in [7, 11) is 1.59. The summed E-state index contributed by atoms with van der Waals surface area (Å²) >= 11 is 1.50. The molecular formula is C23H22N4O4S. The first-order valence-corrected chi connectivity index (χ1v) is 10.8. The van der Waals surface area contributed by atoms with Crippen LogP contribution in [-0.2, 0) is 11.3 Å². The number of nitrogens with zero attached hydrogens (tertiary/aromatic N) is 3. The van der Waals surface area contributed by atoms with E-state index < -0.39 is 0 Å². The van der Waals surface area contributed by atoms with Gasteiger partial charge in [0.05, 0.1) is 18.8 Å². The molecule has 0 saturated heterocycles. The molecule has 0 unspecified atom stereocenters. The highest BCUT2D eigenvalue weighted by molar-refractivity contribution is 7.18. The number of amides is 1. The second-order valence-electron chi connectivity index (χ2n) is 7.14. The molecule has 0 aliphatic heterocycles. The van der Waals surface area contributed by atoms with Crippen LogP contribution in [0.2, 0.25) is 0 Å². The zero-order valence-corrected chi connectivity index (χ0v) is 18.7. The molecule has 0 aliphatic rings. The minimum atomic E-state index is -0.261. The van der Waals surface area contributed by atoms with Gasteiger partial charge in [0.2, 0.25) is 11.8 Å². The van der Waals surface area contributed by atoms with Crippen LogP contribution in [0.3, 0.4) is 0 Å². The lowest BCUT2D eigenvalue weighted by Gasteiger charge is -2.12. The van der Waals surface area contributed by atoms with Gasteiger partial charge in [0.15, 0.2) is 0 Å². The number of pyridine rings is 1. The molecule has 0 radical (unpaired) electrons. The molecule has 0 fully saturated rings. The Labute approximate surface area is 188 Å². The van der Waals surface area contributed by atoms with Gasteiger partial charge in [0.25, 0.3) is 5.56 Å². The maximum atomic E-state index is 12.8. The van der Waals surface area contributed by atoms with Crippen LogP contribution in [0.15, 0.2) is 53.7 Å². The Bertz CT molecular complexity index is 1330. The molecule has 9 heteroatoms. The van der Waals surface area contributed by atoms with Crippen molar-refractivity contribution in [1.82, 2.24) is 14.5 Å². The van der Waals surface area contributed by atoms with Gasteiger partial charge in [-0.3, -0.25) is 14.2 Å². The third-order valence-electron chi connectivity index (χ3n) is 5.05. The molecule has 0 aliphatic carbocycles. The van der Waals surface area contributed by atoms with Gasteiger partial charge in [0, 0.05) is 24.0 Å². The van der Waals surface area contributed by atoms with E-state index in [9.17, 15) is 9.59 Å². The van der Waals surface area contributed by atoms with E-state index in [0.717, 1.165) is 15.3 Å². The summed E-state index contributed by atoms with van der Waals surface area (Å²) in [5, 5.41) is 3.43. The number of thiophene rings is 1. The molecule has 0 bridgehead atoms. The number of carbonyl (C=O) groups is 1.